The van der Waals surface area contributed by atoms with E-state index in [9.17, 15) is 14.9 Å². The lowest BCUT2D eigenvalue weighted by Crippen LogP contribution is -2.32. The molecule has 1 N–H and O–H groups in total. The third-order valence-corrected chi connectivity index (χ3v) is 3.60. The number of rotatable bonds is 6. The van der Waals surface area contributed by atoms with Crippen LogP contribution in [-0.4, -0.2) is 16.9 Å². The molecule has 0 aromatic heterocycles. The predicted octanol–water partition coefficient (Wildman–Crippen LogP) is 4.01. The molecule has 6 heteroatoms. The molecule has 0 aliphatic heterocycles. The quantitative estimate of drug-likeness (QED) is 0.641. The molecule has 2 rings (SSSR count). The Labute approximate surface area is 140 Å². The first-order valence-corrected chi connectivity index (χ1v) is 7.70. The van der Waals surface area contributed by atoms with Gasteiger partial charge in [-0.25, -0.2) is 0 Å². The summed E-state index contributed by atoms with van der Waals surface area (Å²) in [6, 6.07) is 11.6. The van der Waals surface area contributed by atoms with E-state index in [1.165, 1.54) is 18.2 Å². The van der Waals surface area contributed by atoms with Crippen molar-refractivity contribution in [3.8, 4) is 5.75 Å². The summed E-state index contributed by atoms with van der Waals surface area (Å²) in [6.07, 6.45) is -0.196. The van der Waals surface area contributed by atoms with Crippen molar-refractivity contribution in [1.82, 2.24) is 0 Å². The molecule has 0 fully saturated rings. The summed E-state index contributed by atoms with van der Waals surface area (Å²) in [6.45, 7) is 5.72. The number of amides is 1. The van der Waals surface area contributed by atoms with E-state index in [1.807, 2.05) is 39.0 Å². The number of hydrogen-bond acceptors (Lipinski definition) is 4. The van der Waals surface area contributed by atoms with E-state index in [0.717, 1.165) is 11.1 Å². The number of nitrogens with one attached hydrogen (secondary N) is 1. The standard InChI is InChI=1S/C18H20N2O4/c1-4-16(24-17-10-12(2)8-9-13(17)3)18(21)19-14-6-5-7-15(11-14)20(22)23/h5-11,16H,4H2,1-3H3,(H,19,21)/t16-/m1/s1. The average Bonchev–Trinajstić information content (AvgIpc) is 2.55. The van der Waals surface area contributed by atoms with Crippen molar-refractivity contribution in [3.05, 3.63) is 63.7 Å². The number of anilines is 1. The zero-order valence-corrected chi connectivity index (χ0v) is 13.9. The molecule has 126 valence electrons. The molecule has 0 bridgehead atoms. The summed E-state index contributed by atoms with van der Waals surface area (Å²) in [7, 11) is 0. The van der Waals surface area contributed by atoms with Gasteiger partial charge in [0.15, 0.2) is 6.10 Å². The smallest absolute Gasteiger partial charge is 0.271 e. The fraction of sp³-hybridized carbons (Fsp3) is 0.278. The first-order valence-electron chi connectivity index (χ1n) is 7.70. The van der Waals surface area contributed by atoms with Crippen LogP contribution in [0.4, 0.5) is 11.4 Å². The van der Waals surface area contributed by atoms with Gasteiger partial charge in [-0.05, 0) is 43.5 Å². The van der Waals surface area contributed by atoms with Crippen LogP contribution in [0.25, 0.3) is 0 Å². The lowest BCUT2D eigenvalue weighted by Gasteiger charge is -2.19. The maximum absolute atomic E-state index is 12.4. The van der Waals surface area contributed by atoms with Gasteiger partial charge in [-0.1, -0.05) is 25.1 Å². The summed E-state index contributed by atoms with van der Waals surface area (Å²) in [4.78, 5) is 22.7. The van der Waals surface area contributed by atoms with Crippen molar-refractivity contribution in [2.24, 2.45) is 0 Å². The van der Waals surface area contributed by atoms with Crippen molar-refractivity contribution in [2.45, 2.75) is 33.3 Å². The second kappa shape index (κ2) is 7.59. The van der Waals surface area contributed by atoms with Crippen molar-refractivity contribution < 1.29 is 14.5 Å². The number of ether oxygens (including phenoxy) is 1. The number of nitro groups is 1. The van der Waals surface area contributed by atoms with Crippen molar-refractivity contribution in [1.29, 1.82) is 0 Å². The maximum Gasteiger partial charge on any atom is 0.271 e. The number of hydrogen-bond donors (Lipinski definition) is 1. The molecule has 1 atom stereocenters. The van der Waals surface area contributed by atoms with Gasteiger partial charge in [0, 0.05) is 17.8 Å². The van der Waals surface area contributed by atoms with Crippen LogP contribution in [0.5, 0.6) is 5.75 Å². The van der Waals surface area contributed by atoms with Crippen LogP contribution in [0.1, 0.15) is 24.5 Å². The highest BCUT2D eigenvalue weighted by molar-refractivity contribution is 5.94. The predicted molar refractivity (Wildman–Crippen MR) is 92.3 cm³/mol. The van der Waals surface area contributed by atoms with Gasteiger partial charge in [0.25, 0.3) is 11.6 Å². The summed E-state index contributed by atoms with van der Waals surface area (Å²) in [5.41, 5.74) is 2.29. The zero-order chi connectivity index (χ0) is 17.7. The van der Waals surface area contributed by atoms with E-state index in [4.69, 9.17) is 4.74 Å². The second-order valence-electron chi connectivity index (χ2n) is 5.58. The van der Waals surface area contributed by atoms with E-state index in [2.05, 4.69) is 5.32 Å². The summed E-state index contributed by atoms with van der Waals surface area (Å²) < 4.78 is 5.84. The van der Waals surface area contributed by atoms with Crippen molar-refractivity contribution in [3.63, 3.8) is 0 Å². The molecular weight excluding hydrogens is 308 g/mol. The number of nitro benzene ring substituents is 1. The van der Waals surface area contributed by atoms with Gasteiger partial charge in [-0.3, -0.25) is 14.9 Å². The fourth-order valence-corrected chi connectivity index (χ4v) is 2.23. The molecule has 0 saturated heterocycles. The molecule has 2 aromatic rings. The highest BCUT2D eigenvalue weighted by atomic mass is 16.6. The SMILES string of the molecule is CC[C@@H](Oc1cc(C)ccc1C)C(=O)Nc1cccc([N+](=O)[O-])c1. The van der Waals surface area contributed by atoms with Crippen molar-refractivity contribution in [2.75, 3.05) is 5.32 Å². The molecule has 6 nitrogen and oxygen atoms in total. The highest BCUT2D eigenvalue weighted by Crippen LogP contribution is 2.22. The van der Waals surface area contributed by atoms with Gasteiger partial charge in [0.2, 0.25) is 0 Å². The highest BCUT2D eigenvalue weighted by Gasteiger charge is 2.20. The number of aryl methyl sites for hydroxylation is 2. The molecule has 0 aliphatic carbocycles. The number of carbonyl (C=O) groups is 1. The minimum absolute atomic E-state index is 0.0729. The van der Waals surface area contributed by atoms with Crippen LogP contribution >= 0.6 is 0 Å². The molecular formula is C18H20N2O4. The van der Waals surface area contributed by atoms with Gasteiger partial charge in [0.05, 0.1) is 4.92 Å². The van der Waals surface area contributed by atoms with Crippen molar-refractivity contribution >= 4 is 17.3 Å². The van der Waals surface area contributed by atoms with Gasteiger partial charge < -0.3 is 10.1 Å². The van der Waals surface area contributed by atoms with Gasteiger partial charge in [-0.15, -0.1) is 0 Å². The summed E-state index contributed by atoms with van der Waals surface area (Å²) in [5.74, 6) is 0.329. The van der Waals surface area contributed by atoms with Gasteiger partial charge >= 0.3 is 0 Å². The Balaban J connectivity index is 2.13. The van der Waals surface area contributed by atoms with Crippen LogP contribution in [0.15, 0.2) is 42.5 Å². The lowest BCUT2D eigenvalue weighted by molar-refractivity contribution is -0.384. The molecule has 0 aliphatic rings. The minimum atomic E-state index is -0.676. The topological polar surface area (TPSA) is 81.5 Å². The monoisotopic (exact) mass is 328 g/mol. The molecule has 0 spiro atoms. The Morgan fingerprint density at radius 1 is 1.25 bits per heavy atom. The Hall–Kier alpha value is -2.89. The van der Waals surface area contributed by atoms with Gasteiger partial charge in [-0.2, -0.15) is 0 Å². The third-order valence-electron chi connectivity index (χ3n) is 3.60. The normalized spacial score (nSPS) is 11.6. The second-order valence-corrected chi connectivity index (χ2v) is 5.58. The summed E-state index contributed by atoms with van der Waals surface area (Å²) >= 11 is 0. The molecule has 1 amide bonds. The Bertz CT molecular complexity index is 758. The van der Waals surface area contributed by atoms with E-state index < -0.39 is 11.0 Å². The molecule has 24 heavy (non-hydrogen) atoms. The largest absolute Gasteiger partial charge is 0.480 e. The van der Waals surface area contributed by atoms with Crippen LogP contribution in [0.2, 0.25) is 0 Å². The maximum atomic E-state index is 12.4. The van der Waals surface area contributed by atoms with E-state index in [1.54, 1.807) is 6.07 Å². The molecule has 0 radical (unpaired) electrons. The zero-order valence-electron chi connectivity index (χ0n) is 13.9. The lowest BCUT2D eigenvalue weighted by atomic mass is 10.1. The fourth-order valence-electron chi connectivity index (χ4n) is 2.23. The number of benzene rings is 2. The van der Waals surface area contributed by atoms with E-state index >= 15 is 0 Å². The van der Waals surface area contributed by atoms with Crippen LogP contribution in [0, 0.1) is 24.0 Å². The Morgan fingerprint density at radius 3 is 2.67 bits per heavy atom. The van der Waals surface area contributed by atoms with Crippen LogP contribution < -0.4 is 10.1 Å². The van der Waals surface area contributed by atoms with Crippen LogP contribution in [0.3, 0.4) is 0 Å². The van der Waals surface area contributed by atoms with Crippen LogP contribution in [-0.2, 0) is 4.79 Å². The van der Waals surface area contributed by atoms with E-state index in [-0.39, 0.29) is 11.6 Å². The number of carbonyl (C=O) groups excluding carboxylic acids is 1. The third kappa shape index (κ3) is 4.32. The van der Waals surface area contributed by atoms with E-state index in [0.29, 0.717) is 17.9 Å². The van der Waals surface area contributed by atoms with Gasteiger partial charge in [0.1, 0.15) is 5.75 Å². The molecule has 2 aromatic carbocycles. The first kappa shape index (κ1) is 17.5. The molecule has 0 heterocycles. The molecule has 0 unspecified atom stereocenters. The summed E-state index contributed by atoms with van der Waals surface area (Å²) in [5, 5.41) is 13.5. The minimum Gasteiger partial charge on any atom is -0.480 e. The Morgan fingerprint density at radius 2 is 2.00 bits per heavy atom. The Kier molecular flexibility index (Phi) is 5.52. The molecule has 0 saturated carbocycles. The number of nitrogens with zero attached hydrogens (tertiary/aromatic N) is 1. The number of non-ortho nitro benzene ring substituents is 1. The average molecular weight is 328 g/mol. The first-order chi connectivity index (χ1) is 11.4.